The highest BCUT2D eigenvalue weighted by molar-refractivity contribution is 6.30. The predicted molar refractivity (Wildman–Crippen MR) is 90.0 cm³/mol. The number of benzene rings is 1. The van der Waals surface area contributed by atoms with Crippen LogP contribution in [0, 0.1) is 5.92 Å². The Morgan fingerprint density at radius 2 is 1.90 bits per heavy atom. The van der Waals surface area contributed by atoms with Crippen molar-refractivity contribution in [1.29, 1.82) is 0 Å². The number of hydrogen-bond donors (Lipinski definition) is 1. The molecule has 1 atom stereocenters. The molecule has 1 aromatic carbocycles. The molecule has 2 nitrogen and oxygen atoms in total. The van der Waals surface area contributed by atoms with E-state index in [1.165, 1.54) is 18.4 Å². The van der Waals surface area contributed by atoms with Gasteiger partial charge in [0.05, 0.1) is 5.60 Å². The summed E-state index contributed by atoms with van der Waals surface area (Å²) in [6, 6.07) is 9.00. The number of halogens is 1. The summed E-state index contributed by atoms with van der Waals surface area (Å²) in [5.41, 5.74) is 1.31. The van der Waals surface area contributed by atoms with Crippen LogP contribution in [0.4, 0.5) is 0 Å². The Bertz CT molecular complexity index is 420. The molecule has 3 heteroatoms. The average Bonchev–Trinajstić information content (AvgIpc) is 3.21. The van der Waals surface area contributed by atoms with Gasteiger partial charge in [0.25, 0.3) is 0 Å². The van der Waals surface area contributed by atoms with Gasteiger partial charge in [-0.1, -0.05) is 23.7 Å². The Hall–Kier alpha value is -0.570. The molecule has 1 N–H and O–H groups in total. The van der Waals surface area contributed by atoms with Gasteiger partial charge in [-0.3, -0.25) is 0 Å². The van der Waals surface area contributed by atoms with Crippen LogP contribution in [0.25, 0.3) is 0 Å². The lowest BCUT2D eigenvalue weighted by Crippen LogP contribution is -2.28. The van der Waals surface area contributed by atoms with Crippen LogP contribution in [-0.4, -0.2) is 24.8 Å². The van der Waals surface area contributed by atoms with Crippen molar-refractivity contribution in [1.82, 2.24) is 5.32 Å². The Labute approximate surface area is 134 Å². The summed E-state index contributed by atoms with van der Waals surface area (Å²) in [5.74, 6) is 0.620. The topological polar surface area (TPSA) is 21.3 Å². The molecule has 0 amide bonds. The Morgan fingerprint density at radius 3 is 2.48 bits per heavy atom. The summed E-state index contributed by atoms with van der Waals surface area (Å²) >= 11 is 5.96. The van der Waals surface area contributed by atoms with Crippen LogP contribution in [0.5, 0.6) is 0 Å². The fourth-order valence-electron chi connectivity index (χ4n) is 2.38. The van der Waals surface area contributed by atoms with Crippen LogP contribution in [0.1, 0.15) is 45.6 Å². The molecule has 0 aromatic heterocycles. The first-order valence-corrected chi connectivity index (χ1v) is 8.42. The first-order chi connectivity index (χ1) is 9.92. The van der Waals surface area contributed by atoms with Crippen molar-refractivity contribution in [2.24, 2.45) is 5.92 Å². The minimum absolute atomic E-state index is 0.0469. The number of rotatable bonds is 8. The van der Waals surface area contributed by atoms with Gasteiger partial charge >= 0.3 is 0 Å². The number of hydrogen-bond acceptors (Lipinski definition) is 2. The van der Waals surface area contributed by atoms with Crippen LogP contribution >= 0.6 is 11.6 Å². The van der Waals surface area contributed by atoms with Gasteiger partial charge in [0.1, 0.15) is 0 Å². The third-order valence-electron chi connectivity index (χ3n) is 3.77. The van der Waals surface area contributed by atoms with Gasteiger partial charge in [-0.25, -0.2) is 0 Å². The average molecular weight is 310 g/mol. The third-order valence-corrected chi connectivity index (χ3v) is 4.02. The second-order valence-corrected chi connectivity index (χ2v) is 7.57. The van der Waals surface area contributed by atoms with Crippen LogP contribution in [-0.2, 0) is 11.2 Å². The predicted octanol–water partition coefficient (Wildman–Crippen LogP) is 4.46. The molecule has 1 saturated carbocycles. The molecule has 0 heterocycles. The van der Waals surface area contributed by atoms with E-state index in [4.69, 9.17) is 16.3 Å². The monoisotopic (exact) mass is 309 g/mol. The standard InChI is InChI=1S/C18H28ClNO/c1-18(2,3)21-11-10-15(13-20-17-8-9-17)12-14-4-6-16(19)7-5-14/h4-7,15,17,20H,8-13H2,1-3H3. The maximum Gasteiger partial charge on any atom is 0.0598 e. The molecule has 0 saturated heterocycles. The quantitative estimate of drug-likeness (QED) is 0.765. The molecule has 0 spiro atoms. The van der Waals surface area contributed by atoms with Gasteiger partial charge in [-0.05, 0) is 76.6 Å². The van der Waals surface area contributed by atoms with Crippen LogP contribution in [0.15, 0.2) is 24.3 Å². The van der Waals surface area contributed by atoms with E-state index in [0.717, 1.165) is 37.1 Å². The largest absolute Gasteiger partial charge is 0.376 e. The SMILES string of the molecule is CC(C)(C)OCCC(CNC1CC1)Cc1ccc(Cl)cc1. The van der Waals surface area contributed by atoms with Gasteiger partial charge in [0.15, 0.2) is 0 Å². The van der Waals surface area contributed by atoms with Gasteiger partial charge in [-0.2, -0.15) is 0 Å². The summed E-state index contributed by atoms with van der Waals surface area (Å²) in [5, 5.41) is 4.46. The van der Waals surface area contributed by atoms with E-state index in [0.29, 0.717) is 5.92 Å². The third kappa shape index (κ3) is 7.30. The van der Waals surface area contributed by atoms with Crippen molar-refractivity contribution in [2.75, 3.05) is 13.2 Å². The highest BCUT2D eigenvalue weighted by Gasteiger charge is 2.22. The minimum atomic E-state index is -0.0469. The van der Waals surface area contributed by atoms with E-state index >= 15 is 0 Å². The lowest BCUT2D eigenvalue weighted by Gasteiger charge is -2.23. The van der Waals surface area contributed by atoms with Crippen molar-refractivity contribution < 1.29 is 4.74 Å². The normalized spacial score (nSPS) is 17.0. The van der Waals surface area contributed by atoms with Crippen molar-refractivity contribution in [3.8, 4) is 0 Å². The summed E-state index contributed by atoms with van der Waals surface area (Å²) < 4.78 is 5.89. The molecule has 118 valence electrons. The van der Waals surface area contributed by atoms with Crippen molar-refractivity contribution in [3.63, 3.8) is 0 Å². The summed E-state index contributed by atoms with van der Waals surface area (Å²) in [6.07, 6.45) is 4.86. The van der Waals surface area contributed by atoms with E-state index in [2.05, 4.69) is 38.2 Å². The lowest BCUT2D eigenvalue weighted by molar-refractivity contribution is -0.00921. The maximum absolute atomic E-state index is 5.96. The van der Waals surface area contributed by atoms with E-state index < -0.39 is 0 Å². The van der Waals surface area contributed by atoms with Crippen LogP contribution in [0.2, 0.25) is 5.02 Å². The first-order valence-electron chi connectivity index (χ1n) is 8.04. The summed E-state index contributed by atoms with van der Waals surface area (Å²) in [6.45, 7) is 8.26. The fraction of sp³-hybridized carbons (Fsp3) is 0.667. The molecular formula is C18H28ClNO. The minimum Gasteiger partial charge on any atom is -0.376 e. The molecule has 2 rings (SSSR count). The zero-order valence-corrected chi connectivity index (χ0v) is 14.2. The van der Waals surface area contributed by atoms with Gasteiger partial charge < -0.3 is 10.1 Å². The molecule has 0 bridgehead atoms. The molecule has 1 fully saturated rings. The lowest BCUT2D eigenvalue weighted by atomic mass is 9.96. The zero-order chi connectivity index (χ0) is 15.3. The fourth-order valence-corrected chi connectivity index (χ4v) is 2.51. The molecule has 1 aromatic rings. The number of ether oxygens (including phenoxy) is 1. The number of nitrogens with one attached hydrogen (secondary N) is 1. The highest BCUT2D eigenvalue weighted by Crippen LogP contribution is 2.21. The van der Waals surface area contributed by atoms with Crippen molar-refractivity contribution >= 4 is 11.6 Å². The molecule has 1 unspecified atom stereocenters. The molecule has 0 aliphatic heterocycles. The van der Waals surface area contributed by atoms with Crippen LogP contribution in [0.3, 0.4) is 0 Å². The zero-order valence-electron chi connectivity index (χ0n) is 13.5. The summed E-state index contributed by atoms with van der Waals surface area (Å²) in [7, 11) is 0. The van der Waals surface area contributed by atoms with Gasteiger partial charge in [-0.15, -0.1) is 0 Å². The van der Waals surface area contributed by atoms with Crippen LogP contribution < -0.4 is 5.32 Å². The molecular weight excluding hydrogens is 282 g/mol. The second-order valence-electron chi connectivity index (χ2n) is 7.13. The van der Waals surface area contributed by atoms with E-state index in [1.54, 1.807) is 0 Å². The first kappa shape index (κ1) is 16.8. The van der Waals surface area contributed by atoms with Crippen molar-refractivity contribution in [2.45, 2.75) is 58.1 Å². The summed E-state index contributed by atoms with van der Waals surface area (Å²) in [4.78, 5) is 0. The van der Waals surface area contributed by atoms with E-state index in [9.17, 15) is 0 Å². The molecule has 21 heavy (non-hydrogen) atoms. The van der Waals surface area contributed by atoms with E-state index in [1.807, 2.05) is 12.1 Å². The van der Waals surface area contributed by atoms with Gasteiger partial charge in [0, 0.05) is 17.7 Å². The Balaban J connectivity index is 1.82. The molecule has 1 aliphatic rings. The Kier molecular flexibility index (Phi) is 6.09. The molecule has 1 aliphatic carbocycles. The highest BCUT2D eigenvalue weighted by atomic mass is 35.5. The Morgan fingerprint density at radius 1 is 1.24 bits per heavy atom. The van der Waals surface area contributed by atoms with Crippen molar-refractivity contribution in [3.05, 3.63) is 34.9 Å². The second kappa shape index (κ2) is 7.62. The van der Waals surface area contributed by atoms with Gasteiger partial charge in [0.2, 0.25) is 0 Å². The molecule has 0 radical (unpaired) electrons. The maximum atomic E-state index is 5.96. The van der Waals surface area contributed by atoms with E-state index in [-0.39, 0.29) is 5.60 Å². The smallest absolute Gasteiger partial charge is 0.0598 e.